The van der Waals surface area contributed by atoms with E-state index in [1.807, 2.05) is 49.6 Å². The van der Waals surface area contributed by atoms with Crippen molar-refractivity contribution >= 4 is 32.9 Å². The highest BCUT2D eigenvalue weighted by Crippen LogP contribution is 2.20. The Labute approximate surface area is 165 Å². The number of likely N-dealkylation sites (N-methyl/N-ethyl adjacent to an activating group) is 1. The Hall–Kier alpha value is -2.71. The van der Waals surface area contributed by atoms with Crippen molar-refractivity contribution in [1.82, 2.24) is 13.9 Å². The van der Waals surface area contributed by atoms with Gasteiger partial charge in [-0.15, -0.1) is 0 Å². The second-order valence-electron chi connectivity index (χ2n) is 6.72. The van der Waals surface area contributed by atoms with E-state index in [1.165, 1.54) is 7.05 Å². The van der Waals surface area contributed by atoms with E-state index < -0.39 is 15.9 Å². The van der Waals surface area contributed by atoms with Crippen LogP contribution >= 0.6 is 0 Å². The van der Waals surface area contributed by atoms with Crippen LogP contribution in [0.5, 0.6) is 0 Å². The molecule has 0 radical (unpaired) electrons. The number of nitrogens with one attached hydrogen (secondary N) is 1. The van der Waals surface area contributed by atoms with Crippen molar-refractivity contribution in [2.45, 2.75) is 32.2 Å². The van der Waals surface area contributed by atoms with Crippen molar-refractivity contribution in [2.24, 2.45) is 0 Å². The molecule has 0 saturated heterocycles. The molecule has 0 spiro atoms. The first-order valence-electron chi connectivity index (χ1n) is 9.02. The number of fused-ring (bicyclic) bond motifs is 1. The number of amides is 1. The van der Waals surface area contributed by atoms with Crippen LogP contribution in [0.3, 0.4) is 0 Å². The molecule has 1 amide bonds. The molecule has 8 heteroatoms. The first-order chi connectivity index (χ1) is 13.2. The van der Waals surface area contributed by atoms with Gasteiger partial charge < -0.3 is 4.57 Å². The van der Waals surface area contributed by atoms with Crippen molar-refractivity contribution in [3.63, 3.8) is 0 Å². The van der Waals surface area contributed by atoms with Crippen LogP contribution in [0.2, 0.25) is 0 Å². The third-order valence-electron chi connectivity index (χ3n) is 4.77. The van der Waals surface area contributed by atoms with E-state index in [2.05, 4.69) is 10.3 Å². The normalized spacial score (nSPS) is 11.9. The lowest BCUT2D eigenvalue weighted by atomic mass is 10.1. The molecule has 3 aromatic rings. The predicted octanol–water partition coefficient (Wildman–Crippen LogP) is 2.93. The molecule has 1 heterocycles. The number of imidazole rings is 1. The minimum atomic E-state index is -3.76. The van der Waals surface area contributed by atoms with E-state index in [0.717, 1.165) is 26.5 Å². The van der Waals surface area contributed by atoms with Gasteiger partial charge in [0.1, 0.15) is 0 Å². The van der Waals surface area contributed by atoms with Gasteiger partial charge in [-0.1, -0.05) is 18.2 Å². The number of benzene rings is 2. The van der Waals surface area contributed by atoms with Crippen LogP contribution in [-0.4, -0.2) is 41.8 Å². The van der Waals surface area contributed by atoms with E-state index in [4.69, 9.17) is 0 Å². The van der Waals surface area contributed by atoms with E-state index in [-0.39, 0.29) is 11.4 Å². The number of carbonyl (C=O) groups is 1. The third-order valence-corrected chi connectivity index (χ3v) is 6.57. The van der Waals surface area contributed by atoms with Gasteiger partial charge in [0.25, 0.3) is 0 Å². The summed E-state index contributed by atoms with van der Waals surface area (Å²) >= 11 is 0. The fourth-order valence-corrected chi connectivity index (χ4v) is 4.21. The molecule has 1 N–H and O–H groups in total. The van der Waals surface area contributed by atoms with Gasteiger partial charge in [0, 0.05) is 13.6 Å². The van der Waals surface area contributed by atoms with Gasteiger partial charge in [-0.2, -0.15) is 4.31 Å². The standard InChI is InChI=1S/C20H24N4O3S/c1-5-24-18-9-7-6-8-17(18)21-20(24)22-19(25)13-23(4)28(26,27)16-11-10-14(2)15(3)12-16/h6-12H,5,13H2,1-4H3,(H,21,22,25). The van der Waals surface area contributed by atoms with E-state index in [1.54, 1.807) is 18.2 Å². The first kappa shape index (κ1) is 20.0. The topological polar surface area (TPSA) is 84.3 Å². The molecule has 0 saturated carbocycles. The number of sulfonamides is 1. The Morgan fingerprint density at radius 1 is 1.14 bits per heavy atom. The predicted molar refractivity (Wildman–Crippen MR) is 110 cm³/mol. The van der Waals surface area contributed by atoms with E-state index in [9.17, 15) is 13.2 Å². The number of carbonyl (C=O) groups excluding carboxylic acids is 1. The number of aromatic nitrogens is 2. The highest BCUT2D eigenvalue weighted by molar-refractivity contribution is 7.89. The second kappa shape index (κ2) is 7.73. The zero-order valence-corrected chi connectivity index (χ0v) is 17.2. The number of rotatable bonds is 6. The monoisotopic (exact) mass is 400 g/mol. The van der Waals surface area contributed by atoms with Crippen molar-refractivity contribution in [3.05, 3.63) is 53.6 Å². The number of para-hydroxylation sites is 2. The Morgan fingerprint density at radius 3 is 2.54 bits per heavy atom. The van der Waals surface area contributed by atoms with Gasteiger partial charge in [-0.05, 0) is 56.2 Å². The number of hydrogen-bond donors (Lipinski definition) is 1. The highest BCUT2D eigenvalue weighted by atomic mass is 32.2. The highest BCUT2D eigenvalue weighted by Gasteiger charge is 2.24. The van der Waals surface area contributed by atoms with Gasteiger partial charge in [-0.25, -0.2) is 13.4 Å². The summed E-state index contributed by atoms with van der Waals surface area (Å²) in [6.45, 7) is 6.06. The van der Waals surface area contributed by atoms with E-state index in [0.29, 0.717) is 12.5 Å². The zero-order chi connectivity index (χ0) is 20.5. The lowest BCUT2D eigenvalue weighted by molar-refractivity contribution is -0.116. The minimum Gasteiger partial charge on any atom is -0.310 e. The molecular formula is C20H24N4O3S. The Morgan fingerprint density at radius 2 is 1.86 bits per heavy atom. The smallest absolute Gasteiger partial charge is 0.243 e. The molecule has 28 heavy (non-hydrogen) atoms. The van der Waals surface area contributed by atoms with Crippen LogP contribution in [0.25, 0.3) is 11.0 Å². The van der Waals surface area contributed by atoms with Gasteiger partial charge in [0.15, 0.2) is 0 Å². The molecule has 0 aliphatic rings. The first-order valence-corrected chi connectivity index (χ1v) is 10.5. The summed E-state index contributed by atoms with van der Waals surface area (Å²) in [6, 6.07) is 12.5. The second-order valence-corrected chi connectivity index (χ2v) is 8.77. The van der Waals surface area contributed by atoms with E-state index >= 15 is 0 Å². The van der Waals surface area contributed by atoms with Gasteiger partial charge in [0.05, 0.1) is 22.5 Å². The molecule has 2 aromatic carbocycles. The zero-order valence-electron chi connectivity index (χ0n) is 16.4. The van der Waals surface area contributed by atoms with Crippen LogP contribution in [0.15, 0.2) is 47.4 Å². The lowest BCUT2D eigenvalue weighted by Gasteiger charge is -2.17. The summed E-state index contributed by atoms with van der Waals surface area (Å²) in [4.78, 5) is 17.1. The molecule has 0 fully saturated rings. The molecule has 7 nitrogen and oxygen atoms in total. The number of nitrogens with zero attached hydrogens (tertiary/aromatic N) is 3. The third kappa shape index (κ3) is 3.79. The Bertz CT molecular complexity index is 1140. The lowest BCUT2D eigenvalue weighted by Crippen LogP contribution is -2.35. The molecule has 0 atom stereocenters. The van der Waals surface area contributed by atoms with Crippen molar-refractivity contribution < 1.29 is 13.2 Å². The van der Waals surface area contributed by atoms with Crippen LogP contribution in [0, 0.1) is 13.8 Å². The summed E-state index contributed by atoms with van der Waals surface area (Å²) in [5, 5.41) is 2.73. The van der Waals surface area contributed by atoms with Gasteiger partial charge >= 0.3 is 0 Å². The average Bonchev–Trinajstić information content (AvgIpc) is 3.00. The number of anilines is 1. The maximum absolute atomic E-state index is 12.8. The SMILES string of the molecule is CCn1c(NC(=O)CN(C)S(=O)(=O)c2ccc(C)c(C)c2)nc2ccccc21. The summed E-state index contributed by atoms with van der Waals surface area (Å²) in [7, 11) is -2.36. The summed E-state index contributed by atoms with van der Waals surface area (Å²) in [5.74, 6) is -0.0365. The largest absolute Gasteiger partial charge is 0.310 e. The Kier molecular flexibility index (Phi) is 5.53. The average molecular weight is 401 g/mol. The molecule has 0 aliphatic heterocycles. The summed E-state index contributed by atoms with van der Waals surface area (Å²) in [5.41, 5.74) is 3.58. The van der Waals surface area contributed by atoms with Crippen molar-refractivity contribution in [2.75, 3.05) is 18.9 Å². The minimum absolute atomic E-state index is 0.173. The molecule has 148 valence electrons. The van der Waals surface area contributed by atoms with Crippen LogP contribution in [-0.2, 0) is 21.4 Å². The molecule has 0 unspecified atom stereocenters. The number of hydrogen-bond acceptors (Lipinski definition) is 4. The summed E-state index contributed by atoms with van der Waals surface area (Å²) in [6.07, 6.45) is 0. The number of aryl methyl sites for hydroxylation is 3. The molecule has 0 bridgehead atoms. The van der Waals surface area contributed by atoms with Crippen molar-refractivity contribution in [3.8, 4) is 0 Å². The van der Waals surface area contributed by atoms with Gasteiger partial charge in [0.2, 0.25) is 21.9 Å². The molecule has 3 rings (SSSR count). The molecule has 1 aromatic heterocycles. The van der Waals surface area contributed by atoms with Crippen LogP contribution in [0.4, 0.5) is 5.95 Å². The van der Waals surface area contributed by atoms with Crippen molar-refractivity contribution in [1.29, 1.82) is 0 Å². The maximum Gasteiger partial charge on any atom is 0.243 e. The quantitative estimate of drug-likeness (QED) is 0.689. The van der Waals surface area contributed by atoms with Crippen LogP contribution < -0.4 is 5.32 Å². The van der Waals surface area contributed by atoms with Crippen LogP contribution in [0.1, 0.15) is 18.1 Å². The summed E-state index contributed by atoms with van der Waals surface area (Å²) < 4.78 is 28.5. The van der Waals surface area contributed by atoms with Gasteiger partial charge in [-0.3, -0.25) is 10.1 Å². The maximum atomic E-state index is 12.8. The molecule has 0 aliphatic carbocycles. The fourth-order valence-electron chi connectivity index (χ4n) is 3.00. The fraction of sp³-hybridized carbons (Fsp3) is 0.300. The molecular weight excluding hydrogens is 376 g/mol. The Balaban J connectivity index is 1.78.